The fourth-order valence-corrected chi connectivity index (χ4v) is 0.591. The Morgan fingerprint density at radius 1 is 1.56 bits per heavy atom. The van der Waals surface area contributed by atoms with Crippen molar-refractivity contribution in [2.45, 2.75) is 6.61 Å². The Morgan fingerprint density at radius 2 is 2.33 bits per heavy atom. The van der Waals surface area contributed by atoms with Crippen LogP contribution in [0.1, 0.15) is 5.56 Å². The molecule has 0 aliphatic rings. The van der Waals surface area contributed by atoms with E-state index in [0.717, 1.165) is 0 Å². The summed E-state index contributed by atoms with van der Waals surface area (Å²) < 4.78 is 0. The summed E-state index contributed by atoms with van der Waals surface area (Å²) >= 11 is 0. The smallest absolute Gasteiger partial charge is 0.129 e. The lowest BCUT2D eigenvalue weighted by Gasteiger charge is -1.95. The second kappa shape index (κ2) is 2.51. The van der Waals surface area contributed by atoms with Gasteiger partial charge in [0.15, 0.2) is 0 Å². The Kier molecular flexibility index (Phi) is 1.70. The van der Waals surface area contributed by atoms with Crippen LogP contribution in [-0.2, 0) is 6.61 Å². The number of phenols is 1. The zero-order valence-corrected chi connectivity index (χ0v) is 4.83. The van der Waals surface area contributed by atoms with E-state index < -0.39 is 0 Å². The lowest BCUT2D eigenvalue weighted by atomic mass is 10.2. The summed E-state index contributed by atoms with van der Waals surface area (Å²) in [6.07, 6.45) is 0. The molecule has 0 bridgehead atoms. The lowest BCUT2D eigenvalue weighted by Crippen LogP contribution is -1.81. The third-order valence-electron chi connectivity index (χ3n) is 1.09. The van der Waals surface area contributed by atoms with Crippen molar-refractivity contribution in [3.8, 4) is 5.75 Å². The van der Waals surface area contributed by atoms with Crippen LogP contribution in [0.5, 0.6) is 5.75 Å². The maximum absolute atomic E-state index is 8.89. The van der Waals surface area contributed by atoms with Gasteiger partial charge >= 0.3 is 0 Å². The SMILES string of the molecule is OCc1ccc[c]c1O. The van der Waals surface area contributed by atoms with E-state index in [1.807, 2.05) is 0 Å². The van der Waals surface area contributed by atoms with Gasteiger partial charge in [-0.3, -0.25) is 0 Å². The predicted octanol–water partition coefficient (Wildman–Crippen LogP) is 0.685. The van der Waals surface area contributed by atoms with Gasteiger partial charge in [0.2, 0.25) is 0 Å². The van der Waals surface area contributed by atoms with E-state index in [-0.39, 0.29) is 12.4 Å². The first-order valence-electron chi connectivity index (χ1n) is 2.64. The Hall–Kier alpha value is -1.02. The van der Waals surface area contributed by atoms with Crippen molar-refractivity contribution in [2.75, 3.05) is 0 Å². The molecule has 2 N–H and O–H groups in total. The molecule has 0 heterocycles. The Labute approximate surface area is 53.4 Å². The van der Waals surface area contributed by atoms with Gasteiger partial charge in [0, 0.05) is 11.6 Å². The summed E-state index contributed by atoms with van der Waals surface area (Å²) in [6.45, 7) is -0.136. The molecular weight excluding hydrogens is 116 g/mol. The van der Waals surface area contributed by atoms with E-state index in [4.69, 9.17) is 10.2 Å². The second-order valence-electron chi connectivity index (χ2n) is 1.70. The van der Waals surface area contributed by atoms with E-state index in [0.29, 0.717) is 5.56 Å². The molecule has 0 amide bonds. The molecule has 0 aliphatic heterocycles. The van der Waals surface area contributed by atoms with Crippen LogP contribution in [0.15, 0.2) is 18.2 Å². The quantitative estimate of drug-likeness (QED) is 0.576. The minimum Gasteiger partial charge on any atom is -0.507 e. The van der Waals surface area contributed by atoms with Crippen LogP contribution < -0.4 is 0 Å². The molecule has 9 heavy (non-hydrogen) atoms. The van der Waals surface area contributed by atoms with Crippen LogP contribution in [0, 0.1) is 6.07 Å². The van der Waals surface area contributed by atoms with Gasteiger partial charge in [-0.05, 0) is 0 Å². The molecule has 1 aromatic rings. The van der Waals surface area contributed by atoms with Crippen molar-refractivity contribution in [1.29, 1.82) is 0 Å². The number of hydrogen-bond acceptors (Lipinski definition) is 2. The minimum absolute atomic E-state index is 0.0278. The maximum atomic E-state index is 8.89. The molecule has 0 spiro atoms. The fraction of sp³-hybridized carbons (Fsp3) is 0.143. The molecule has 1 rings (SSSR count). The fourth-order valence-electron chi connectivity index (χ4n) is 0.591. The molecule has 2 heteroatoms. The van der Waals surface area contributed by atoms with Gasteiger partial charge in [0.1, 0.15) is 5.75 Å². The van der Waals surface area contributed by atoms with Crippen molar-refractivity contribution in [3.63, 3.8) is 0 Å². The summed E-state index contributed by atoms with van der Waals surface area (Å²) in [5.74, 6) is 0.0278. The number of para-hydroxylation sites is 1. The third kappa shape index (κ3) is 1.21. The summed E-state index contributed by atoms with van der Waals surface area (Å²) in [5, 5.41) is 17.4. The van der Waals surface area contributed by atoms with Crippen molar-refractivity contribution in [2.24, 2.45) is 0 Å². The third-order valence-corrected chi connectivity index (χ3v) is 1.09. The highest BCUT2D eigenvalue weighted by Gasteiger charge is 1.94. The van der Waals surface area contributed by atoms with Crippen LogP contribution in [0.25, 0.3) is 0 Å². The normalized spacial score (nSPS) is 9.44. The number of aliphatic hydroxyl groups excluding tert-OH is 1. The second-order valence-corrected chi connectivity index (χ2v) is 1.70. The average molecular weight is 123 g/mol. The number of aromatic hydroxyl groups is 1. The molecule has 1 radical (unpaired) electrons. The van der Waals surface area contributed by atoms with Gasteiger partial charge in [-0.15, -0.1) is 0 Å². The summed E-state index contributed by atoms with van der Waals surface area (Å²) in [5.41, 5.74) is 0.512. The van der Waals surface area contributed by atoms with Crippen molar-refractivity contribution in [1.82, 2.24) is 0 Å². The van der Waals surface area contributed by atoms with Crippen LogP contribution in [0.4, 0.5) is 0 Å². The Morgan fingerprint density at radius 3 is 2.78 bits per heavy atom. The molecule has 1 aromatic carbocycles. The highest BCUT2D eigenvalue weighted by molar-refractivity contribution is 5.29. The van der Waals surface area contributed by atoms with Crippen LogP contribution in [-0.4, -0.2) is 10.2 Å². The standard InChI is InChI=1S/C7H7O2/c8-5-6-3-1-2-4-7(6)9/h1-3,8-9H,5H2. The van der Waals surface area contributed by atoms with Gasteiger partial charge in [-0.2, -0.15) is 0 Å². The van der Waals surface area contributed by atoms with Crippen molar-refractivity contribution >= 4 is 0 Å². The zero-order chi connectivity index (χ0) is 6.69. The highest BCUT2D eigenvalue weighted by Crippen LogP contribution is 2.13. The highest BCUT2D eigenvalue weighted by atomic mass is 16.3. The maximum Gasteiger partial charge on any atom is 0.129 e. The molecule has 0 unspecified atom stereocenters. The van der Waals surface area contributed by atoms with Crippen LogP contribution in [0.2, 0.25) is 0 Å². The molecule has 0 aliphatic carbocycles. The van der Waals surface area contributed by atoms with E-state index in [1.54, 1.807) is 18.2 Å². The average Bonchev–Trinajstić information content (AvgIpc) is 1.89. The predicted molar refractivity (Wildman–Crippen MR) is 32.9 cm³/mol. The largest absolute Gasteiger partial charge is 0.507 e. The molecule has 0 fully saturated rings. The number of hydrogen-bond donors (Lipinski definition) is 2. The van der Waals surface area contributed by atoms with Gasteiger partial charge in [-0.25, -0.2) is 0 Å². The van der Waals surface area contributed by atoms with E-state index in [1.165, 1.54) is 0 Å². The first-order chi connectivity index (χ1) is 4.34. The summed E-state index contributed by atoms with van der Waals surface area (Å²) in [4.78, 5) is 0. The first-order valence-corrected chi connectivity index (χ1v) is 2.64. The Balaban J connectivity index is 3.01. The van der Waals surface area contributed by atoms with Crippen molar-refractivity contribution < 1.29 is 10.2 Å². The minimum atomic E-state index is -0.136. The summed E-state index contributed by atoms with van der Waals surface area (Å²) in [7, 11) is 0. The zero-order valence-electron chi connectivity index (χ0n) is 4.83. The monoisotopic (exact) mass is 123 g/mol. The molecule has 0 atom stereocenters. The van der Waals surface area contributed by atoms with Gasteiger partial charge in [0.05, 0.1) is 6.61 Å². The Bertz CT molecular complexity index is 196. The number of aliphatic hydroxyl groups is 1. The van der Waals surface area contributed by atoms with Gasteiger partial charge in [-0.1, -0.05) is 18.2 Å². The first kappa shape index (κ1) is 6.11. The summed E-state index contributed by atoms with van der Waals surface area (Å²) in [6, 6.07) is 7.50. The topological polar surface area (TPSA) is 40.5 Å². The molecule has 0 aromatic heterocycles. The van der Waals surface area contributed by atoms with E-state index >= 15 is 0 Å². The van der Waals surface area contributed by atoms with Crippen LogP contribution in [0.3, 0.4) is 0 Å². The van der Waals surface area contributed by atoms with Gasteiger partial charge in [0.25, 0.3) is 0 Å². The molecule has 47 valence electrons. The van der Waals surface area contributed by atoms with E-state index in [9.17, 15) is 0 Å². The van der Waals surface area contributed by atoms with Gasteiger partial charge < -0.3 is 10.2 Å². The molecule has 2 nitrogen and oxygen atoms in total. The molecule has 0 saturated carbocycles. The van der Waals surface area contributed by atoms with Crippen molar-refractivity contribution in [3.05, 3.63) is 29.8 Å². The van der Waals surface area contributed by atoms with E-state index in [2.05, 4.69) is 6.07 Å². The number of rotatable bonds is 1. The van der Waals surface area contributed by atoms with Crippen LogP contribution >= 0.6 is 0 Å². The number of benzene rings is 1. The lowest BCUT2D eigenvalue weighted by molar-refractivity contribution is 0.275. The molecular formula is C7H7O2. The molecule has 0 saturated heterocycles.